The molecule has 1 aliphatic rings. The number of benzene rings is 1. The Hall–Kier alpha value is -0.910. The van der Waals surface area contributed by atoms with Gasteiger partial charge >= 0.3 is 6.61 Å². The van der Waals surface area contributed by atoms with E-state index in [1.165, 1.54) is 6.07 Å². The second-order valence-electron chi connectivity index (χ2n) is 4.32. The van der Waals surface area contributed by atoms with Crippen LogP contribution in [-0.4, -0.2) is 35.8 Å². The zero-order chi connectivity index (χ0) is 13.1. The molecule has 1 aromatic carbocycles. The molecule has 1 aromatic rings. The molecule has 1 heterocycles. The van der Waals surface area contributed by atoms with Crippen LogP contribution in [0.2, 0.25) is 5.02 Å². The van der Waals surface area contributed by atoms with E-state index < -0.39 is 6.61 Å². The highest BCUT2D eigenvalue weighted by Crippen LogP contribution is 2.27. The molecule has 1 aliphatic heterocycles. The summed E-state index contributed by atoms with van der Waals surface area (Å²) in [6.45, 7) is -0.769. The molecule has 100 valence electrons. The van der Waals surface area contributed by atoms with Gasteiger partial charge in [-0.25, -0.2) is 0 Å². The Morgan fingerprint density at radius 2 is 2.28 bits per heavy atom. The Kier molecular flexibility index (Phi) is 4.37. The molecule has 3 nitrogen and oxygen atoms in total. The molecule has 0 saturated carbocycles. The Labute approximate surface area is 109 Å². The number of ether oxygens (including phenoxy) is 1. The Morgan fingerprint density at radius 1 is 1.50 bits per heavy atom. The summed E-state index contributed by atoms with van der Waals surface area (Å²) in [7, 11) is 0. The molecule has 1 N–H and O–H groups in total. The summed E-state index contributed by atoms with van der Waals surface area (Å²) in [6, 6.07) is 4.76. The van der Waals surface area contributed by atoms with E-state index in [2.05, 4.69) is 9.64 Å². The fourth-order valence-corrected chi connectivity index (χ4v) is 2.30. The van der Waals surface area contributed by atoms with Gasteiger partial charge in [-0.15, -0.1) is 0 Å². The lowest BCUT2D eigenvalue weighted by Crippen LogP contribution is -2.21. The number of likely N-dealkylation sites (tertiary alicyclic amines) is 1. The average Bonchev–Trinajstić information content (AvgIpc) is 2.68. The SMILES string of the molecule is O[C@H]1CCN(Cc2ccc(OC(F)F)c(Cl)c2)C1. The topological polar surface area (TPSA) is 32.7 Å². The van der Waals surface area contributed by atoms with Crippen molar-refractivity contribution in [3.05, 3.63) is 28.8 Å². The number of aliphatic hydroxyl groups is 1. The molecule has 0 aliphatic carbocycles. The van der Waals surface area contributed by atoms with E-state index in [0.29, 0.717) is 13.1 Å². The van der Waals surface area contributed by atoms with Gasteiger partial charge in [0, 0.05) is 19.6 Å². The van der Waals surface area contributed by atoms with Crippen LogP contribution < -0.4 is 4.74 Å². The highest BCUT2D eigenvalue weighted by Gasteiger charge is 2.20. The summed E-state index contributed by atoms with van der Waals surface area (Å²) in [6.07, 6.45) is 0.488. The summed E-state index contributed by atoms with van der Waals surface area (Å²) < 4.78 is 28.4. The van der Waals surface area contributed by atoms with Gasteiger partial charge in [-0.3, -0.25) is 4.90 Å². The van der Waals surface area contributed by atoms with E-state index in [4.69, 9.17) is 11.6 Å². The van der Waals surface area contributed by atoms with E-state index in [-0.39, 0.29) is 16.9 Å². The monoisotopic (exact) mass is 277 g/mol. The van der Waals surface area contributed by atoms with E-state index >= 15 is 0 Å². The van der Waals surface area contributed by atoms with Crippen molar-refractivity contribution in [1.29, 1.82) is 0 Å². The first kappa shape index (κ1) is 13.5. The average molecular weight is 278 g/mol. The first-order valence-corrected chi connectivity index (χ1v) is 6.06. The summed E-state index contributed by atoms with van der Waals surface area (Å²) in [4.78, 5) is 2.09. The van der Waals surface area contributed by atoms with Crippen LogP contribution in [0, 0.1) is 0 Å². The number of β-amino-alcohol motifs (C(OH)–C–C–N with tert-alkyl or cyclic N) is 1. The van der Waals surface area contributed by atoms with Crippen molar-refractivity contribution in [2.24, 2.45) is 0 Å². The van der Waals surface area contributed by atoms with Gasteiger partial charge in [0.25, 0.3) is 0 Å². The van der Waals surface area contributed by atoms with Gasteiger partial charge < -0.3 is 9.84 Å². The second kappa shape index (κ2) is 5.82. The van der Waals surface area contributed by atoms with Crippen molar-refractivity contribution in [1.82, 2.24) is 4.90 Å². The van der Waals surface area contributed by atoms with Crippen LogP contribution >= 0.6 is 11.6 Å². The largest absolute Gasteiger partial charge is 0.433 e. The molecule has 0 amide bonds. The molecule has 0 unspecified atom stereocenters. The first-order valence-electron chi connectivity index (χ1n) is 5.68. The minimum atomic E-state index is -2.87. The van der Waals surface area contributed by atoms with Crippen molar-refractivity contribution in [2.45, 2.75) is 25.7 Å². The molecule has 1 atom stereocenters. The zero-order valence-electron chi connectivity index (χ0n) is 9.65. The van der Waals surface area contributed by atoms with Crippen LogP contribution in [-0.2, 0) is 6.54 Å². The molecule has 0 spiro atoms. The molecule has 0 radical (unpaired) electrons. The number of hydrogen-bond donors (Lipinski definition) is 1. The Balaban J connectivity index is 2.00. The minimum Gasteiger partial charge on any atom is -0.433 e. The predicted molar refractivity (Wildman–Crippen MR) is 64.0 cm³/mol. The molecular formula is C12H14ClF2NO2. The lowest BCUT2D eigenvalue weighted by atomic mass is 10.2. The number of alkyl halides is 2. The molecule has 6 heteroatoms. The molecule has 18 heavy (non-hydrogen) atoms. The Morgan fingerprint density at radius 3 is 2.83 bits per heavy atom. The summed E-state index contributed by atoms with van der Waals surface area (Å²) >= 11 is 5.86. The molecule has 2 rings (SSSR count). The number of aliphatic hydroxyl groups excluding tert-OH is 1. The van der Waals surface area contributed by atoms with E-state index in [0.717, 1.165) is 18.5 Å². The lowest BCUT2D eigenvalue weighted by Gasteiger charge is -2.15. The smallest absolute Gasteiger partial charge is 0.387 e. The van der Waals surface area contributed by atoms with Crippen LogP contribution in [0.25, 0.3) is 0 Å². The summed E-state index contributed by atoms with van der Waals surface area (Å²) in [5.74, 6) is -0.0168. The lowest BCUT2D eigenvalue weighted by molar-refractivity contribution is -0.0498. The number of rotatable bonds is 4. The van der Waals surface area contributed by atoms with Crippen LogP contribution in [0.15, 0.2) is 18.2 Å². The van der Waals surface area contributed by atoms with Gasteiger partial charge in [0.15, 0.2) is 0 Å². The molecule has 0 aromatic heterocycles. The third-order valence-corrected chi connectivity index (χ3v) is 3.16. The van der Waals surface area contributed by atoms with E-state index in [9.17, 15) is 13.9 Å². The normalized spacial score (nSPS) is 20.6. The van der Waals surface area contributed by atoms with Gasteiger partial charge in [0.2, 0.25) is 0 Å². The second-order valence-corrected chi connectivity index (χ2v) is 4.73. The predicted octanol–water partition coefficient (Wildman–Crippen LogP) is 2.51. The fraction of sp³-hybridized carbons (Fsp3) is 0.500. The van der Waals surface area contributed by atoms with Gasteiger partial charge in [0.1, 0.15) is 5.75 Å². The molecule has 1 fully saturated rings. The highest BCUT2D eigenvalue weighted by molar-refractivity contribution is 6.32. The maximum absolute atomic E-state index is 12.1. The van der Waals surface area contributed by atoms with Crippen molar-refractivity contribution in [3.8, 4) is 5.75 Å². The maximum Gasteiger partial charge on any atom is 0.387 e. The van der Waals surface area contributed by atoms with Crippen molar-refractivity contribution >= 4 is 11.6 Å². The van der Waals surface area contributed by atoms with E-state index in [1.807, 2.05) is 0 Å². The standard InChI is InChI=1S/C12H14ClF2NO2/c13-10-5-8(1-2-11(10)18-12(14)15)6-16-4-3-9(17)7-16/h1-2,5,9,12,17H,3-4,6-7H2/t9-/m0/s1. The molecular weight excluding hydrogens is 264 g/mol. The zero-order valence-corrected chi connectivity index (χ0v) is 10.4. The minimum absolute atomic E-state index is 0.0168. The van der Waals surface area contributed by atoms with Gasteiger partial charge in [-0.1, -0.05) is 17.7 Å². The maximum atomic E-state index is 12.1. The van der Waals surface area contributed by atoms with E-state index in [1.54, 1.807) is 12.1 Å². The fourth-order valence-electron chi connectivity index (χ4n) is 2.05. The number of halogens is 3. The summed E-state index contributed by atoms with van der Waals surface area (Å²) in [5, 5.41) is 9.58. The Bertz CT molecular complexity index is 417. The highest BCUT2D eigenvalue weighted by atomic mass is 35.5. The number of hydrogen-bond acceptors (Lipinski definition) is 3. The van der Waals surface area contributed by atoms with Crippen molar-refractivity contribution < 1.29 is 18.6 Å². The third kappa shape index (κ3) is 3.54. The molecule has 1 saturated heterocycles. The molecule has 0 bridgehead atoms. The number of nitrogens with zero attached hydrogens (tertiary/aromatic N) is 1. The van der Waals surface area contributed by atoms with Gasteiger partial charge in [0.05, 0.1) is 11.1 Å². The third-order valence-electron chi connectivity index (χ3n) is 2.87. The van der Waals surface area contributed by atoms with Crippen molar-refractivity contribution in [2.75, 3.05) is 13.1 Å². The van der Waals surface area contributed by atoms with Gasteiger partial charge in [-0.05, 0) is 24.1 Å². The summed E-state index contributed by atoms with van der Waals surface area (Å²) in [5.41, 5.74) is 0.913. The van der Waals surface area contributed by atoms with Gasteiger partial charge in [-0.2, -0.15) is 8.78 Å². The quantitative estimate of drug-likeness (QED) is 0.918. The van der Waals surface area contributed by atoms with Crippen molar-refractivity contribution in [3.63, 3.8) is 0 Å². The van der Waals surface area contributed by atoms with Crippen LogP contribution in [0.3, 0.4) is 0 Å². The first-order chi connectivity index (χ1) is 8.54. The van der Waals surface area contributed by atoms with Crippen LogP contribution in [0.5, 0.6) is 5.75 Å². The van der Waals surface area contributed by atoms with Crippen LogP contribution in [0.1, 0.15) is 12.0 Å². The van der Waals surface area contributed by atoms with Crippen LogP contribution in [0.4, 0.5) is 8.78 Å².